The first-order chi connectivity index (χ1) is 24.1. The molecule has 2 aromatic carbocycles. The van der Waals surface area contributed by atoms with Crippen LogP contribution in [0, 0.1) is 0 Å². The lowest BCUT2D eigenvalue weighted by molar-refractivity contribution is -0.189. The summed E-state index contributed by atoms with van der Waals surface area (Å²) in [7, 11) is 0. The van der Waals surface area contributed by atoms with E-state index in [1.165, 1.54) is 36.4 Å². The highest BCUT2D eigenvalue weighted by atomic mass is 32.2. The predicted molar refractivity (Wildman–Crippen MR) is 162 cm³/mol. The lowest BCUT2D eigenvalue weighted by Gasteiger charge is -2.46. The van der Waals surface area contributed by atoms with Gasteiger partial charge in [0.15, 0.2) is 0 Å². The summed E-state index contributed by atoms with van der Waals surface area (Å²) in [5, 5.41) is 80.1. The molecule has 10 atom stereocenters. The van der Waals surface area contributed by atoms with Crippen molar-refractivity contribution in [2.45, 2.75) is 71.9 Å². The number of aliphatic hydroxyl groups is 6. The molecule has 2 aliphatic rings. The summed E-state index contributed by atoms with van der Waals surface area (Å²) in [6, 6.07) is 6.21. The van der Waals surface area contributed by atoms with Crippen molar-refractivity contribution in [2.24, 2.45) is 0 Å². The molecule has 0 radical (unpaired) electrons. The fourth-order valence-corrected chi connectivity index (χ4v) is 7.44. The van der Waals surface area contributed by atoms with E-state index in [2.05, 4.69) is 20.6 Å². The number of halogens is 6. The standard InChI is InChI=1S/C30H30F6N6O8S/c31-29(32,33)15-7-3-1-5-13(15)17-9-41(39-37-17)21-23(45)19(11-43)49-27(25(21)47)51-28-26(48)22(24(46)20(12-44)50-28)42-10-18(38-40-42)14-6-2-4-8-16(14)30(34,35)36/h1-10,19-28,43-48H,11-12H2/t19-,20-,21-,22-,23+,24+,25-,26-,27+,28+/m1/s1. The molecule has 0 bridgehead atoms. The maximum absolute atomic E-state index is 13.7. The maximum atomic E-state index is 13.7. The summed E-state index contributed by atoms with van der Waals surface area (Å²) >= 11 is 0.605. The lowest BCUT2D eigenvalue weighted by atomic mass is 9.97. The second-order valence-corrected chi connectivity index (χ2v) is 13.0. The SMILES string of the molecule is OC[C@H]1O[C@@H](S[C@@H]2O[C@H](CO)[C@H](O)[C@@H](n3cc(-c4ccccc4C(F)(F)F)nn3)[C@H]2O)[C@H](O)[C@H](n2cc(-c3ccccc3C(F)(F)F)nn2)[C@H]1O. The first-order valence-electron chi connectivity index (χ1n) is 15.2. The number of aromatic nitrogens is 6. The van der Waals surface area contributed by atoms with Crippen LogP contribution >= 0.6 is 11.8 Å². The molecule has 6 rings (SSSR count). The Morgan fingerprint density at radius 2 is 0.980 bits per heavy atom. The molecule has 4 heterocycles. The van der Waals surface area contributed by atoms with Crippen LogP contribution in [0.15, 0.2) is 60.9 Å². The van der Waals surface area contributed by atoms with Crippen molar-refractivity contribution in [3.8, 4) is 22.5 Å². The van der Waals surface area contributed by atoms with Crippen molar-refractivity contribution in [1.82, 2.24) is 30.0 Å². The van der Waals surface area contributed by atoms with Crippen molar-refractivity contribution in [1.29, 1.82) is 0 Å². The Labute approximate surface area is 287 Å². The largest absolute Gasteiger partial charge is 0.417 e. The summed E-state index contributed by atoms with van der Waals surface area (Å²) in [5.74, 6) is 0. The van der Waals surface area contributed by atoms with Gasteiger partial charge in [0.2, 0.25) is 0 Å². The number of hydrogen-bond acceptors (Lipinski definition) is 13. The average Bonchev–Trinajstić information content (AvgIpc) is 3.77. The lowest BCUT2D eigenvalue weighted by Crippen LogP contribution is -2.58. The molecular formula is C30H30F6N6O8S. The number of rotatable bonds is 8. The quantitative estimate of drug-likeness (QED) is 0.142. The predicted octanol–water partition coefficient (Wildman–Crippen LogP) is 1.63. The van der Waals surface area contributed by atoms with Crippen LogP contribution in [0.25, 0.3) is 22.5 Å². The molecule has 276 valence electrons. The Morgan fingerprint density at radius 3 is 1.33 bits per heavy atom. The summed E-state index contributed by atoms with van der Waals surface area (Å²) < 4.78 is 95.3. The van der Waals surface area contributed by atoms with E-state index >= 15 is 0 Å². The number of nitrogens with zero attached hydrogens (tertiary/aromatic N) is 6. The summed E-state index contributed by atoms with van der Waals surface area (Å²) in [6.07, 6.45) is -16.9. The van der Waals surface area contributed by atoms with Crippen molar-refractivity contribution >= 4 is 11.8 Å². The van der Waals surface area contributed by atoms with Crippen LogP contribution in [-0.2, 0) is 21.8 Å². The second-order valence-electron chi connectivity index (χ2n) is 11.8. The monoisotopic (exact) mass is 748 g/mol. The van der Waals surface area contributed by atoms with Crippen LogP contribution in [0.2, 0.25) is 0 Å². The van der Waals surface area contributed by atoms with Gasteiger partial charge >= 0.3 is 12.4 Å². The summed E-state index contributed by atoms with van der Waals surface area (Å²) in [6.45, 7) is -1.59. The maximum Gasteiger partial charge on any atom is 0.417 e. The van der Waals surface area contributed by atoms with Gasteiger partial charge in [0, 0.05) is 11.1 Å². The molecule has 4 aromatic rings. The average molecular weight is 749 g/mol. The molecule has 0 aliphatic carbocycles. The van der Waals surface area contributed by atoms with Crippen molar-refractivity contribution in [2.75, 3.05) is 13.2 Å². The van der Waals surface area contributed by atoms with Gasteiger partial charge in [-0.25, -0.2) is 9.36 Å². The molecule has 51 heavy (non-hydrogen) atoms. The number of benzene rings is 2. The van der Waals surface area contributed by atoms with Gasteiger partial charge in [0.05, 0.1) is 36.7 Å². The van der Waals surface area contributed by atoms with E-state index in [0.717, 1.165) is 33.9 Å². The molecule has 2 aliphatic heterocycles. The third kappa shape index (κ3) is 7.22. The third-order valence-corrected chi connectivity index (χ3v) is 9.93. The van der Waals surface area contributed by atoms with Crippen LogP contribution in [0.5, 0.6) is 0 Å². The summed E-state index contributed by atoms with van der Waals surface area (Å²) in [5.41, 5.74) is -6.04. The molecule has 0 amide bonds. The normalized spacial score (nSPS) is 30.4. The van der Waals surface area contributed by atoms with E-state index in [1.807, 2.05) is 0 Å². The van der Waals surface area contributed by atoms with Gasteiger partial charge in [-0.1, -0.05) is 58.6 Å². The molecule has 0 unspecified atom stereocenters. The highest BCUT2D eigenvalue weighted by Crippen LogP contribution is 2.43. The number of hydrogen-bond donors (Lipinski definition) is 6. The number of aliphatic hydroxyl groups excluding tert-OH is 6. The van der Waals surface area contributed by atoms with Gasteiger partial charge in [0.25, 0.3) is 0 Å². The Hall–Kier alpha value is -3.67. The van der Waals surface area contributed by atoms with Crippen LogP contribution in [-0.4, -0.2) is 121 Å². The zero-order valence-electron chi connectivity index (χ0n) is 25.8. The Bertz CT molecular complexity index is 1680. The molecular weight excluding hydrogens is 718 g/mol. The fourth-order valence-electron chi connectivity index (χ4n) is 6.12. The topological polar surface area (TPSA) is 201 Å². The Morgan fingerprint density at radius 1 is 0.608 bits per heavy atom. The van der Waals surface area contributed by atoms with Gasteiger partial charge in [-0.15, -0.1) is 10.2 Å². The first kappa shape index (κ1) is 37.1. The van der Waals surface area contributed by atoms with Gasteiger partial charge in [-0.05, 0) is 12.1 Å². The van der Waals surface area contributed by atoms with E-state index in [4.69, 9.17) is 9.47 Å². The van der Waals surface area contributed by atoms with Crippen molar-refractivity contribution in [3.05, 3.63) is 72.1 Å². The van der Waals surface area contributed by atoms with E-state index in [0.29, 0.717) is 11.8 Å². The second kappa shape index (κ2) is 14.4. The van der Waals surface area contributed by atoms with E-state index in [-0.39, 0.29) is 22.5 Å². The van der Waals surface area contributed by atoms with Crippen LogP contribution < -0.4 is 0 Å². The number of thioether (sulfide) groups is 1. The zero-order chi connectivity index (χ0) is 36.8. The fraction of sp³-hybridized carbons (Fsp3) is 0.467. The summed E-state index contributed by atoms with van der Waals surface area (Å²) in [4.78, 5) is 0. The van der Waals surface area contributed by atoms with Gasteiger partial charge in [-0.2, -0.15) is 26.3 Å². The Kier molecular flexibility index (Phi) is 10.5. The smallest absolute Gasteiger partial charge is 0.394 e. The molecule has 6 N–H and O–H groups in total. The van der Waals surface area contributed by atoms with E-state index in [1.54, 1.807) is 0 Å². The first-order valence-corrected chi connectivity index (χ1v) is 16.2. The molecule has 0 saturated carbocycles. The minimum absolute atomic E-state index is 0.239. The van der Waals surface area contributed by atoms with Crippen molar-refractivity contribution in [3.63, 3.8) is 0 Å². The molecule has 2 aromatic heterocycles. The minimum atomic E-state index is -4.73. The molecule has 0 spiro atoms. The van der Waals surface area contributed by atoms with E-state index < -0.39 is 96.3 Å². The van der Waals surface area contributed by atoms with Gasteiger partial charge in [-0.3, -0.25) is 0 Å². The number of alkyl halides is 6. The molecule has 21 heteroatoms. The molecule has 2 saturated heterocycles. The highest BCUT2D eigenvalue weighted by molar-refractivity contribution is 8.00. The molecule has 14 nitrogen and oxygen atoms in total. The van der Waals surface area contributed by atoms with E-state index in [9.17, 15) is 57.0 Å². The van der Waals surface area contributed by atoms with Crippen molar-refractivity contribution < 1.29 is 66.5 Å². The number of ether oxygens (including phenoxy) is 2. The van der Waals surface area contributed by atoms with Gasteiger partial charge < -0.3 is 40.1 Å². The Balaban J connectivity index is 1.27. The van der Waals surface area contributed by atoms with Gasteiger partial charge in [0.1, 0.15) is 71.0 Å². The molecule has 2 fully saturated rings. The minimum Gasteiger partial charge on any atom is -0.394 e. The third-order valence-electron chi connectivity index (χ3n) is 8.61. The van der Waals surface area contributed by atoms with Crippen LogP contribution in [0.4, 0.5) is 26.3 Å². The zero-order valence-corrected chi connectivity index (χ0v) is 26.6. The van der Waals surface area contributed by atoms with Crippen LogP contribution in [0.1, 0.15) is 23.2 Å². The van der Waals surface area contributed by atoms with Crippen LogP contribution in [0.3, 0.4) is 0 Å². The highest BCUT2D eigenvalue weighted by Gasteiger charge is 2.52.